The number of phenols is 1. The summed E-state index contributed by atoms with van der Waals surface area (Å²) in [4.78, 5) is 1.09. The largest absolute Gasteiger partial charge is 0.507 e. The van der Waals surface area contributed by atoms with Gasteiger partial charge in [-0.2, -0.15) is 0 Å². The Morgan fingerprint density at radius 2 is 1.41 bits per heavy atom. The van der Waals surface area contributed by atoms with E-state index >= 15 is 0 Å². The first-order chi connectivity index (χ1) is 10.8. The van der Waals surface area contributed by atoms with Crippen molar-refractivity contribution in [2.24, 2.45) is 0 Å². The molecule has 0 amide bonds. The Morgan fingerprint density at radius 1 is 0.682 bits per heavy atom. The molecule has 0 saturated heterocycles. The summed E-state index contributed by atoms with van der Waals surface area (Å²) in [6.07, 6.45) is 0. The molecule has 0 bridgehead atoms. The lowest BCUT2D eigenvalue weighted by Crippen LogP contribution is -1.81. The van der Waals surface area contributed by atoms with Gasteiger partial charge in [0.1, 0.15) is 5.75 Å². The van der Waals surface area contributed by atoms with Gasteiger partial charge < -0.3 is 5.11 Å². The summed E-state index contributed by atoms with van der Waals surface area (Å²) in [5, 5.41) is 11.9. The lowest BCUT2D eigenvalue weighted by atomic mass is 10.0. The molecule has 0 fully saturated rings. The van der Waals surface area contributed by atoms with Gasteiger partial charge >= 0.3 is 0 Å². The van der Waals surface area contributed by atoms with Gasteiger partial charge in [-0.3, -0.25) is 0 Å². The van der Waals surface area contributed by atoms with Gasteiger partial charge in [-0.25, -0.2) is 0 Å². The standard InChI is InChI=1S/C20H14OS/c21-20-16(14-7-2-1-3-8-14)10-6-11-17(20)19-13-15-9-4-5-12-18(15)22-19/h1-13,21H. The van der Waals surface area contributed by atoms with Crippen LogP contribution in [0.3, 0.4) is 0 Å². The molecule has 3 aromatic carbocycles. The molecule has 0 radical (unpaired) electrons. The molecule has 106 valence electrons. The second-order valence-electron chi connectivity index (χ2n) is 5.22. The maximum absolute atomic E-state index is 10.7. The van der Waals surface area contributed by atoms with Crippen LogP contribution in [0.4, 0.5) is 0 Å². The van der Waals surface area contributed by atoms with Crippen LogP contribution in [-0.4, -0.2) is 5.11 Å². The summed E-state index contributed by atoms with van der Waals surface area (Å²) < 4.78 is 1.24. The average molecular weight is 302 g/mol. The Hall–Kier alpha value is -2.58. The van der Waals surface area contributed by atoms with E-state index in [0.717, 1.165) is 21.6 Å². The highest BCUT2D eigenvalue weighted by Crippen LogP contribution is 2.42. The lowest BCUT2D eigenvalue weighted by Gasteiger charge is -2.08. The second kappa shape index (κ2) is 5.32. The van der Waals surface area contributed by atoms with Gasteiger partial charge in [-0.05, 0) is 29.1 Å². The summed E-state index contributed by atoms with van der Waals surface area (Å²) in [5.74, 6) is 0.347. The van der Waals surface area contributed by atoms with Gasteiger partial charge in [0, 0.05) is 20.7 Å². The average Bonchev–Trinajstić information content (AvgIpc) is 2.99. The molecule has 0 aliphatic carbocycles. The third-order valence-electron chi connectivity index (χ3n) is 3.81. The first kappa shape index (κ1) is 13.1. The zero-order valence-corrected chi connectivity index (χ0v) is 12.7. The SMILES string of the molecule is Oc1c(-c2ccccc2)cccc1-c1cc2ccccc2s1. The minimum absolute atomic E-state index is 0.347. The van der Waals surface area contributed by atoms with Gasteiger partial charge in [0.15, 0.2) is 0 Å². The number of fused-ring (bicyclic) bond motifs is 1. The van der Waals surface area contributed by atoms with Crippen LogP contribution in [0.15, 0.2) is 78.9 Å². The molecule has 4 rings (SSSR count). The minimum Gasteiger partial charge on any atom is -0.507 e. The fourth-order valence-corrected chi connectivity index (χ4v) is 3.80. The van der Waals surface area contributed by atoms with Gasteiger partial charge in [-0.1, -0.05) is 60.7 Å². The molecule has 0 aliphatic heterocycles. The number of rotatable bonds is 2. The van der Waals surface area contributed by atoms with Crippen molar-refractivity contribution in [1.29, 1.82) is 0 Å². The van der Waals surface area contributed by atoms with Crippen molar-refractivity contribution in [2.45, 2.75) is 0 Å². The van der Waals surface area contributed by atoms with Crippen molar-refractivity contribution in [1.82, 2.24) is 0 Å². The predicted molar refractivity (Wildman–Crippen MR) is 94.4 cm³/mol. The van der Waals surface area contributed by atoms with Crippen molar-refractivity contribution in [2.75, 3.05) is 0 Å². The Morgan fingerprint density at radius 3 is 2.23 bits per heavy atom. The monoisotopic (exact) mass is 302 g/mol. The third kappa shape index (κ3) is 2.18. The van der Waals surface area contributed by atoms with E-state index in [2.05, 4.69) is 18.2 Å². The highest BCUT2D eigenvalue weighted by Gasteiger charge is 2.12. The maximum Gasteiger partial charge on any atom is 0.132 e. The number of phenolic OH excluding ortho intramolecular Hbond substituents is 1. The number of hydrogen-bond donors (Lipinski definition) is 1. The molecule has 0 saturated carbocycles. The Kier molecular flexibility index (Phi) is 3.17. The summed E-state index contributed by atoms with van der Waals surface area (Å²) in [7, 11) is 0. The van der Waals surface area contributed by atoms with E-state index in [0.29, 0.717) is 5.75 Å². The molecule has 1 N–H and O–H groups in total. The van der Waals surface area contributed by atoms with Crippen LogP contribution in [-0.2, 0) is 0 Å². The zero-order chi connectivity index (χ0) is 14.9. The van der Waals surface area contributed by atoms with Crippen LogP contribution in [0, 0.1) is 0 Å². The van der Waals surface area contributed by atoms with E-state index in [1.165, 1.54) is 10.1 Å². The van der Waals surface area contributed by atoms with E-state index in [-0.39, 0.29) is 0 Å². The summed E-state index contributed by atoms with van der Waals surface area (Å²) >= 11 is 1.71. The molecule has 2 heteroatoms. The number of thiophene rings is 1. The summed E-state index contributed by atoms with van der Waals surface area (Å²) in [6, 6.07) is 26.4. The number of hydrogen-bond acceptors (Lipinski definition) is 2. The number of benzene rings is 3. The van der Waals surface area contributed by atoms with Crippen molar-refractivity contribution in [3.05, 3.63) is 78.9 Å². The molecule has 1 nitrogen and oxygen atoms in total. The van der Waals surface area contributed by atoms with E-state index in [4.69, 9.17) is 0 Å². The molecule has 0 spiro atoms. The van der Waals surface area contributed by atoms with Crippen LogP contribution in [0.2, 0.25) is 0 Å². The molecule has 1 aromatic heterocycles. The number of aromatic hydroxyl groups is 1. The van der Waals surface area contributed by atoms with Crippen LogP contribution in [0.5, 0.6) is 5.75 Å². The molecular formula is C20H14OS. The van der Waals surface area contributed by atoms with Crippen molar-refractivity contribution < 1.29 is 5.11 Å². The van der Waals surface area contributed by atoms with E-state index in [1.54, 1.807) is 11.3 Å². The third-order valence-corrected chi connectivity index (χ3v) is 4.96. The summed E-state index contributed by atoms with van der Waals surface area (Å²) in [5.41, 5.74) is 2.79. The molecule has 0 aliphatic rings. The van der Waals surface area contributed by atoms with E-state index in [9.17, 15) is 5.11 Å². The van der Waals surface area contributed by atoms with Crippen molar-refractivity contribution in [3.63, 3.8) is 0 Å². The Balaban J connectivity index is 1.89. The Bertz CT molecular complexity index is 905. The first-order valence-electron chi connectivity index (χ1n) is 7.19. The second-order valence-corrected chi connectivity index (χ2v) is 6.30. The van der Waals surface area contributed by atoms with Gasteiger partial charge in [0.25, 0.3) is 0 Å². The molecule has 0 unspecified atom stereocenters. The van der Waals surface area contributed by atoms with Crippen LogP contribution in [0.1, 0.15) is 0 Å². The minimum atomic E-state index is 0.347. The highest BCUT2D eigenvalue weighted by molar-refractivity contribution is 7.22. The smallest absolute Gasteiger partial charge is 0.132 e. The quantitative estimate of drug-likeness (QED) is 0.486. The normalized spacial score (nSPS) is 10.9. The van der Waals surface area contributed by atoms with Crippen LogP contribution >= 0.6 is 11.3 Å². The van der Waals surface area contributed by atoms with Gasteiger partial charge in [0.05, 0.1) is 0 Å². The van der Waals surface area contributed by atoms with Crippen LogP contribution < -0.4 is 0 Å². The van der Waals surface area contributed by atoms with Gasteiger partial charge in [-0.15, -0.1) is 11.3 Å². The fraction of sp³-hybridized carbons (Fsp3) is 0. The van der Waals surface area contributed by atoms with E-state index < -0.39 is 0 Å². The van der Waals surface area contributed by atoms with Crippen LogP contribution in [0.25, 0.3) is 31.7 Å². The van der Waals surface area contributed by atoms with Gasteiger partial charge in [0.2, 0.25) is 0 Å². The first-order valence-corrected chi connectivity index (χ1v) is 8.01. The lowest BCUT2D eigenvalue weighted by molar-refractivity contribution is 0.479. The molecule has 22 heavy (non-hydrogen) atoms. The van der Waals surface area contributed by atoms with Crippen molar-refractivity contribution in [3.8, 4) is 27.3 Å². The zero-order valence-electron chi connectivity index (χ0n) is 11.9. The molecule has 4 aromatic rings. The maximum atomic E-state index is 10.7. The Labute approximate surface area is 133 Å². The molecule has 1 heterocycles. The molecular weight excluding hydrogens is 288 g/mol. The number of para-hydroxylation sites is 1. The van der Waals surface area contributed by atoms with Crippen molar-refractivity contribution >= 4 is 21.4 Å². The van der Waals surface area contributed by atoms with E-state index in [1.807, 2.05) is 60.7 Å². The summed E-state index contributed by atoms with van der Waals surface area (Å²) in [6.45, 7) is 0. The topological polar surface area (TPSA) is 20.2 Å². The predicted octanol–water partition coefficient (Wildman–Crippen LogP) is 5.94. The molecule has 0 atom stereocenters. The highest BCUT2D eigenvalue weighted by atomic mass is 32.1. The fourth-order valence-electron chi connectivity index (χ4n) is 2.71.